The number of rotatable bonds is 6. The highest BCUT2D eigenvalue weighted by atomic mass is 16.5. The van der Waals surface area contributed by atoms with Gasteiger partial charge in [0.25, 0.3) is 0 Å². The van der Waals surface area contributed by atoms with Crippen LogP contribution in [0.2, 0.25) is 0 Å². The minimum atomic E-state index is 0.106. The molecule has 21 heavy (non-hydrogen) atoms. The first kappa shape index (κ1) is 15.6. The second-order valence-electron chi connectivity index (χ2n) is 5.16. The lowest BCUT2D eigenvalue weighted by atomic mass is 10.1. The molecule has 2 rings (SSSR count). The van der Waals surface area contributed by atoms with Gasteiger partial charge in [0, 0.05) is 28.7 Å². The maximum atomic E-state index is 12.8. The molecule has 1 N–H and O–H groups in total. The van der Waals surface area contributed by atoms with Crippen molar-refractivity contribution in [3.63, 3.8) is 0 Å². The largest absolute Gasteiger partial charge is 0.494 e. The van der Waals surface area contributed by atoms with E-state index in [1.165, 1.54) is 0 Å². The van der Waals surface area contributed by atoms with Crippen LogP contribution in [0, 0.1) is 6.92 Å². The third kappa shape index (κ3) is 3.27. The standard InChI is InChI=1S/C17H24N2O2/c1-5-19(6-2)11-15-12(4)18-16-9-8-13(21-7-3)10-14(16)17(15)20/h8-10H,5-7,11H2,1-4H3,(H,18,20). The Bertz CT molecular complexity index is 672. The number of benzene rings is 1. The molecule has 0 amide bonds. The van der Waals surface area contributed by atoms with Crippen LogP contribution in [0.3, 0.4) is 0 Å². The second-order valence-corrected chi connectivity index (χ2v) is 5.16. The van der Waals surface area contributed by atoms with E-state index < -0.39 is 0 Å². The topological polar surface area (TPSA) is 45.3 Å². The van der Waals surface area contributed by atoms with Crippen LogP contribution >= 0.6 is 0 Å². The molecule has 0 saturated carbocycles. The van der Waals surface area contributed by atoms with Gasteiger partial charge in [0.2, 0.25) is 0 Å². The summed E-state index contributed by atoms with van der Waals surface area (Å²) in [5.41, 5.74) is 2.77. The number of nitrogens with zero attached hydrogens (tertiary/aromatic N) is 1. The van der Waals surface area contributed by atoms with Crippen molar-refractivity contribution in [1.29, 1.82) is 0 Å². The summed E-state index contributed by atoms with van der Waals surface area (Å²) < 4.78 is 5.50. The molecule has 0 atom stereocenters. The monoisotopic (exact) mass is 288 g/mol. The maximum absolute atomic E-state index is 12.8. The van der Waals surface area contributed by atoms with E-state index in [-0.39, 0.29) is 5.43 Å². The van der Waals surface area contributed by atoms with Crippen LogP contribution in [0.5, 0.6) is 5.75 Å². The number of hydrogen-bond donors (Lipinski definition) is 1. The smallest absolute Gasteiger partial charge is 0.194 e. The zero-order valence-electron chi connectivity index (χ0n) is 13.3. The quantitative estimate of drug-likeness (QED) is 0.888. The Morgan fingerprint density at radius 3 is 2.52 bits per heavy atom. The van der Waals surface area contributed by atoms with Gasteiger partial charge in [-0.1, -0.05) is 13.8 Å². The second kappa shape index (κ2) is 6.76. The molecule has 0 spiro atoms. The lowest BCUT2D eigenvalue weighted by Crippen LogP contribution is -2.27. The molecule has 0 bridgehead atoms. The van der Waals surface area contributed by atoms with Gasteiger partial charge >= 0.3 is 0 Å². The Morgan fingerprint density at radius 1 is 1.19 bits per heavy atom. The summed E-state index contributed by atoms with van der Waals surface area (Å²) in [5.74, 6) is 0.744. The van der Waals surface area contributed by atoms with E-state index in [0.717, 1.165) is 35.6 Å². The minimum absolute atomic E-state index is 0.106. The van der Waals surface area contributed by atoms with Gasteiger partial charge in [0.1, 0.15) is 5.75 Å². The summed E-state index contributed by atoms with van der Waals surface area (Å²) >= 11 is 0. The van der Waals surface area contributed by atoms with Crippen LogP contribution in [0.1, 0.15) is 32.0 Å². The summed E-state index contributed by atoms with van der Waals surface area (Å²) in [4.78, 5) is 18.4. The van der Waals surface area contributed by atoms with Crippen molar-refractivity contribution in [2.45, 2.75) is 34.2 Å². The molecule has 0 radical (unpaired) electrons. The molecule has 0 aliphatic carbocycles. The number of nitrogens with one attached hydrogen (secondary N) is 1. The molecule has 1 aromatic carbocycles. The molecule has 1 heterocycles. The van der Waals surface area contributed by atoms with E-state index in [1.807, 2.05) is 32.0 Å². The highest BCUT2D eigenvalue weighted by Gasteiger charge is 2.12. The SMILES string of the molecule is CCOc1ccc2[nH]c(C)c(CN(CC)CC)c(=O)c2c1. The highest BCUT2D eigenvalue weighted by molar-refractivity contribution is 5.81. The first-order valence-corrected chi connectivity index (χ1v) is 7.61. The molecular formula is C17H24N2O2. The predicted octanol–water partition coefficient (Wildman–Crippen LogP) is 3.08. The first-order chi connectivity index (χ1) is 10.1. The summed E-state index contributed by atoms with van der Waals surface area (Å²) in [5, 5.41) is 0.703. The number of ether oxygens (including phenoxy) is 1. The van der Waals surface area contributed by atoms with Crippen molar-refractivity contribution < 1.29 is 4.74 Å². The van der Waals surface area contributed by atoms with E-state index in [0.29, 0.717) is 18.5 Å². The van der Waals surface area contributed by atoms with Crippen molar-refractivity contribution in [3.05, 3.63) is 39.7 Å². The fraction of sp³-hybridized carbons (Fsp3) is 0.471. The number of aromatic amines is 1. The molecule has 4 heteroatoms. The van der Waals surface area contributed by atoms with Crippen molar-refractivity contribution in [2.75, 3.05) is 19.7 Å². The Hall–Kier alpha value is -1.81. The summed E-state index contributed by atoms with van der Waals surface area (Å²) in [6, 6.07) is 5.64. The maximum Gasteiger partial charge on any atom is 0.194 e. The van der Waals surface area contributed by atoms with Gasteiger partial charge in [-0.05, 0) is 45.1 Å². The lowest BCUT2D eigenvalue weighted by molar-refractivity contribution is 0.294. The van der Waals surface area contributed by atoms with Gasteiger partial charge in [0.15, 0.2) is 5.43 Å². The number of hydrogen-bond acceptors (Lipinski definition) is 3. The Kier molecular flexibility index (Phi) is 5.02. The van der Waals surface area contributed by atoms with Crippen LogP contribution in [0.25, 0.3) is 10.9 Å². The van der Waals surface area contributed by atoms with E-state index in [1.54, 1.807) is 0 Å². The van der Waals surface area contributed by atoms with Crippen molar-refractivity contribution >= 4 is 10.9 Å². The Morgan fingerprint density at radius 2 is 1.90 bits per heavy atom. The minimum Gasteiger partial charge on any atom is -0.494 e. The average Bonchev–Trinajstić information content (AvgIpc) is 2.48. The number of pyridine rings is 1. The fourth-order valence-corrected chi connectivity index (χ4v) is 2.55. The fourth-order valence-electron chi connectivity index (χ4n) is 2.55. The summed E-state index contributed by atoms with van der Waals surface area (Å²) in [6.07, 6.45) is 0. The lowest BCUT2D eigenvalue weighted by Gasteiger charge is -2.19. The summed E-state index contributed by atoms with van der Waals surface area (Å²) in [7, 11) is 0. The number of H-pyrrole nitrogens is 1. The van der Waals surface area contributed by atoms with E-state index in [4.69, 9.17) is 4.74 Å². The third-order valence-electron chi connectivity index (χ3n) is 3.87. The van der Waals surface area contributed by atoms with Gasteiger partial charge in [-0.2, -0.15) is 0 Å². The zero-order valence-corrected chi connectivity index (χ0v) is 13.3. The van der Waals surface area contributed by atoms with Crippen molar-refractivity contribution in [3.8, 4) is 5.75 Å². The molecule has 4 nitrogen and oxygen atoms in total. The number of aromatic nitrogens is 1. The predicted molar refractivity (Wildman–Crippen MR) is 87.1 cm³/mol. The van der Waals surface area contributed by atoms with Gasteiger partial charge in [-0.25, -0.2) is 0 Å². The van der Waals surface area contributed by atoms with E-state index in [2.05, 4.69) is 23.7 Å². The zero-order chi connectivity index (χ0) is 15.4. The number of fused-ring (bicyclic) bond motifs is 1. The molecule has 0 saturated heterocycles. The highest BCUT2D eigenvalue weighted by Crippen LogP contribution is 2.19. The normalized spacial score (nSPS) is 11.3. The molecule has 0 aliphatic heterocycles. The Labute approximate surface area is 125 Å². The van der Waals surface area contributed by atoms with Gasteiger partial charge in [-0.15, -0.1) is 0 Å². The van der Waals surface area contributed by atoms with Crippen LogP contribution in [-0.4, -0.2) is 29.6 Å². The molecule has 114 valence electrons. The third-order valence-corrected chi connectivity index (χ3v) is 3.87. The van der Waals surface area contributed by atoms with Gasteiger partial charge in [0.05, 0.1) is 6.61 Å². The summed E-state index contributed by atoms with van der Waals surface area (Å²) in [6.45, 7) is 11.3. The average molecular weight is 288 g/mol. The van der Waals surface area contributed by atoms with Crippen LogP contribution in [0.4, 0.5) is 0 Å². The molecule has 0 unspecified atom stereocenters. The number of aryl methyl sites for hydroxylation is 1. The molecule has 0 aliphatic rings. The van der Waals surface area contributed by atoms with Crippen LogP contribution < -0.4 is 10.2 Å². The van der Waals surface area contributed by atoms with Crippen LogP contribution in [-0.2, 0) is 6.54 Å². The van der Waals surface area contributed by atoms with E-state index in [9.17, 15) is 4.79 Å². The molecule has 1 aromatic heterocycles. The van der Waals surface area contributed by atoms with Gasteiger partial charge in [-0.3, -0.25) is 9.69 Å². The van der Waals surface area contributed by atoms with Gasteiger partial charge < -0.3 is 9.72 Å². The Balaban J connectivity index is 2.53. The molecular weight excluding hydrogens is 264 g/mol. The first-order valence-electron chi connectivity index (χ1n) is 7.61. The van der Waals surface area contributed by atoms with Crippen molar-refractivity contribution in [1.82, 2.24) is 9.88 Å². The molecule has 0 fully saturated rings. The van der Waals surface area contributed by atoms with E-state index >= 15 is 0 Å². The van der Waals surface area contributed by atoms with Crippen molar-refractivity contribution in [2.24, 2.45) is 0 Å². The molecule has 2 aromatic rings. The van der Waals surface area contributed by atoms with Crippen LogP contribution in [0.15, 0.2) is 23.0 Å².